The van der Waals surface area contributed by atoms with Crippen molar-refractivity contribution in [2.75, 3.05) is 12.4 Å². The van der Waals surface area contributed by atoms with Gasteiger partial charge in [0, 0.05) is 12.2 Å². The number of hydrogen-bond donors (Lipinski definition) is 2. The molecule has 0 heterocycles. The molecule has 0 aliphatic carbocycles. The van der Waals surface area contributed by atoms with Gasteiger partial charge in [-0.2, -0.15) is 0 Å². The van der Waals surface area contributed by atoms with Crippen LogP contribution in [-0.4, -0.2) is 13.1 Å². The van der Waals surface area contributed by atoms with Crippen molar-refractivity contribution in [3.8, 4) is 5.75 Å². The summed E-state index contributed by atoms with van der Waals surface area (Å²) in [5.74, 6) is 0.776. The molecule has 0 fully saturated rings. The molecule has 104 valence electrons. The van der Waals surface area contributed by atoms with E-state index in [0.717, 1.165) is 22.6 Å². The summed E-state index contributed by atoms with van der Waals surface area (Å²) in [6.45, 7) is 2.43. The molecule has 0 unspecified atom stereocenters. The van der Waals surface area contributed by atoms with Crippen LogP contribution in [0.15, 0.2) is 48.5 Å². The zero-order valence-corrected chi connectivity index (χ0v) is 11.6. The highest BCUT2D eigenvalue weighted by molar-refractivity contribution is 5.90. The Morgan fingerprint density at radius 2 is 1.90 bits per heavy atom. The van der Waals surface area contributed by atoms with E-state index in [1.54, 1.807) is 7.11 Å². The monoisotopic (exact) mass is 270 g/mol. The van der Waals surface area contributed by atoms with Gasteiger partial charge in [-0.25, -0.2) is 4.79 Å². The molecule has 4 nitrogen and oxygen atoms in total. The highest BCUT2D eigenvalue weighted by atomic mass is 16.5. The summed E-state index contributed by atoms with van der Waals surface area (Å²) >= 11 is 0. The van der Waals surface area contributed by atoms with Crippen molar-refractivity contribution in [1.82, 2.24) is 5.32 Å². The van der Waals surface area contributed by atoms with E-state index >= 15 is 0 Å². The van der Waals surface area contributed by atoms with Crippen molar-refractivity contribution in [2.45, 2.75) is 13.5 Å². The largest absolute Gasteiger partial charge is 0.497 e. The Hall–Kier alpha value is -2.49. The molecule has 0 radical (unpaired) electrons. The third-order valence-corrected chi connectivity index (χ3v) is 2.98. The highest BCUT2D eigenvalue weighted by Gasteiger charge is 2.05. The quantitative estimate of drug-likeness (QED) is 0.895. The number of urea groups is 1. The number of hydrogen-bond acceptors (Lipinski definition) is 2. The fourth-order valence-corrected chi connectivity index (χ4v) is 1.85. The minimum Gasteiger partial charge on any atom is -0.497 e. The van der Waals surface area contributed by atoms with Crippen molar-refractivity contribution in [2.24, 2.45) is 0 Å². The van der Waals surface area contributed by atoms with Crippen molar-refractivity contribution in [3.63, 3.8) is 0 Å². The number of nitrogens with one attached hydrogen (secondary N) is 2. The van der Waals surface area contributed by atoms with Gasteiger partial charge in [-0.15, -0.1) is 0 Å². The predicted molar refractivity (Wildman–Crippen MR) is 80.0 cm³/mol. The van der Waals surface area contributed by atoms with Crippen LogP contribution in [0.4, 0.5) is 10.5 Å². The number of carbonyl (C=O) groups excluding carboxylic acids is 1. The van der Waals surface area contributed by atoms with Crippen molar-refractivity contribution < 1.29 is 9.53 Å². The van der Waals surface area contributed by atoms with Crippen LogP contribution in [0, 0.1) is 6.92 Å². The lowest BCUT2D eigenvalue weighted by atomic mass is 10.2. The number of rotatable bonds is 4. The van der Waals surface area contributed by atoms with E-state index in [2.05, 4.69) is 10.6 Å². The smallest absolute Gasteiger partial charge is 0.319 e. The number of aryl methyl sites for hydroxylation is 1. The molecule has 4 heteroatoms. The maximum atomic E-state index is 11.8. The highest BCUT2D eigenvalue weighted by Crippen LogP contribution is 2.20. The second-order valence-corrected chi connectivity index (χ2v) is 4.47. The minimum atomic E-state index is -0.220. The van der Waals surface area contributed by atoms with E-state index in [4.69, 9.17) is 4.74 Å². The van der Waals surface area contributed by atoms with Crippen LogP contribution < -0.4 is 15.4 Å². The number of amides is 2. The van der Waals surface area contributed by atoms with Gasteiger partial charge in [-0.05, 0) is 36.2 Å². The van der Waals surface area contributed by atoms with Crippen LogP contribution >= 0.6 is 0 Å². The third-order valence-electron chi connectivity index (χ3n) is 2.98. The van der Waals surface area contributed by atoms with Crippen LogP contribution in [-0.2, 0) is 6.54 Å². The average molecular weight is 270 g/mol. The van der Waals surface area contributed by atoms with Crippen LogP contribution in [0.1, 0.15) is 11.1 Å². The molecule has 0 atom stereocenters. The Morgan fingerprint density at radius 3 is 2.55 bits per heavy atom. The van der Waals surface area contributed by atoms with Crippen molar-refractivity contribution in [3.05, 3.63) is 59.7 Å². The second kappa shape index (κ2) is 6.61. The molecule has 0 saturated heterocycles. The summed E-state index contributed by atoms with van der Waals surface area (Å²) in [5.41, 5.74) is 2.80. The van der Waals surface area contributed by atoms with Gasteiger partial charge in [0.15, 0.2) is 0 Å². The second-order valence-electron chi connectivity index (χ2n) is 4.47. The van der Waals surface area contributed by atoms with E-state index in [0.29, 0.717) is 6.54 Å². The van der Waals surface area contributed by atoms with Crippen LogP contribution in [0.25, 0.3) is 0 Å². The summed E-state index contributed by atoms with van der Waals surface area (Å²) in [6.07, 6.45) is 0. The molecule has 2 rings (SSSR count). The summed E-state index contributed by atoms with van der Waals surface area (Å²) in [4.78, 5) is 11.8. The van der Waals surface area contributed by atoms with Gasteiger partial charge in [0.05, 0.1) is 7.11 Å². The first-order chi connectivity index (χ1) is 9.69. The average Bonchev–Trinajstić information content (AvgIpc) is 2.48. The SMILES string of the molecule is COc1ccc(NC(=O)NCc2ccccc2)c(C)c1. The lowest BCUT2D eigenvalue weighted by Crippen LogP contribution is -2.28. The summed E-state index contributed by atoms with van der Waals surface area (Å²) in [5, 5.41) is 5.65. The number of methoxy groups -OCH3 is 1. The van der Waals surface area contributed by atoms with Crippen LogP contribution in [0.5, 0.6) is 5.75 Å². The van der Waals surface area contributed by atoms with Gasteiger partial charge in [-0.3, -0.25) is 0 Å². The Bertz CT molecular complexity index is 582. The van der Waals surface area contributed by atoms with Crippen LogP contribution in [0.2, 0.25) is 0 Å². The fraction of sp³-hybridized carbons (Fsp3) is 0.188. The summed E-state index contributed by atoms with van der Waals surface area (Å²) in [6, 6.07) is 15.1. The molecular weight excluding hydrogens is 252 g/mol. The normalized spacial score (nSPS) is 9.90. The minimum absolute atomic E-state index is 0.220. The van der Waals surface area contributed by atoms with E-state index < -0.39 is 0 Å². The standard InChI is InChI=1S/C16H18N2O2/c1-12-10-14(20-2)8-9-15(12)18-16(19)17-11-13-6-4-3-5-7-13/h3-10H,11H2,1-2H3,(H2,17,18,19). The van der Waals surface area contributed by atoms with Gasteiger partial charge >= 0.3 is 6.03 Å². The fourth-order valence-electron chi connectivity index (χ4n) is 1.85. The molecule has 2 aromatic carbocycles. The topological polar surface area (TPSA) is 50.4 Å². The van der Waals surface area contributed by atoms with E-state index in [1.807, 2.05) is 55.5 Å². The lowest BCUT2D eigenvalue weighted by Gasteiger charge is -2.11. The molecule has 2 aromatic rings. The first-order valence-electron chi connectivity index (χ1n) is 6.42. The summed E-state index contributed by atoms with van der Waals surface area (Å²) < 4.78 is 5.13. The van der Waals surface area contributed by atoms with Crippen molar-refractivity contribution in [1.29, 1.82) is 0 Å². The Kier molecular flexibility index (Phi) is 4.60. The Balaban J connectivity index is 1.91. The maximum Gasteiger partial charge on any atom is 0.319 e. The number of benzene rings is 2. The van der Waals surface area contributed by atoms with E-state index in [1.165, 1.54) is 0 Å². The lowest BCUT2D eigenvalue weighted by molar-refractivity contribution is 0.251. The molecule has 2 amide bonds. The molecule has 0 spiro atoms. The molecule has 0 saturated carbocycles. The number of anilines is 1. The van der Waals surface area contributed by atoms with Gasteiger partial charge in [-0.1, -0.05) is 30.3 Å². The van der Waals surface area contributed by atoms with Crippen LogP contribution in [0.3, 0.4) is 0 Å². The first-order valence-corrected chi connectivity index (χ1v) is 6.42. The molecule has 0 aromatic heterocycles. The molecule has 0 aliphatic heterocycles. The molecular formula is C16H18N2O2. The van der Waals surface area contributed by atoms with Gasteiger partial charge < -0.3 is 15.4 Å². The first kappa shape index (κ1) is 13.9. The summed E-state index contributed by atoms with van der Waals surface area (Å²) in [7, 11) is 1.62. The van der Waals surface area contributed by atoms with E-state index in [-0.39, 0.29) is 6.03 Å². The Morgan fingerprint density at radius 1 is 1.15 bits per heavy atom. The van der Waals surface area contributed by atoms with Gasteiger partial charge in [0.25, 0.3) is 0 Å². The molecule has 0 aliphatic rings. The third kappa shape index (κ3) is 3.75. The van der Waals surface area contributed by atoms with Crippen molar-refractivity contribution >= 4 is 11.7 Å². The van der Waals surface area contributed by atoms with Gasteiger partial charge in [0.2, 0.25) is 0 Å². The zero-order valence-electron chi connectivity index (χ0n) is 11.6. The predicted octanol–water partition coefficient (Wildman–Crippen LogP) is 3.33. The number of ether oxygens (including phenoxy) is 1. The number of carbonyl (C=O) groups is 1. The maximum absolute atomic E-state index is 11.8. The molecule has 20 heavy (non-hydrogen) atoms. The van der Waals surface area contributed by atoms with Gasteiger partial charge in [0.1, 0.15) is 5.75 Å². The zero-order chi connectivity index (χ0) is 14.4. The molecule has 0 bridgehead atoms. The van der Waals surface area contributed by atoms with E-state index in [9.17, 15) is 4.79 Å². The Labute approximate surface area is 118 Å². The molecule has 2 N–H and O–H groups in total.